The van der Waals surface area contributed by atoms with Gasteiger partial charge >= 0.3 is 0 Å². The number of benzene rings is 1. The number of likely N-dealkylation sites (tertiary alicyclic amines) is 1. The normalized spacial score (nSPS) is 20.7. The lowest BCUT2D eigenvalue weighted by molar-refractivity contribution is -0.141. The fraction of sp³-hybridized carbons (Fsp3) is 0.529. The molecule has 1 aromatic carbocycles. The van der Waals surface area contributed by atoms with E-state index in [1.54, 1.807) is 19.1 Å². The molecule has 0 bridgehead atoms. The van der Waals surface area contributed by atoms with E-state index in [9.17, 15) is 9.59 Å². The Balaban J connectivity index is 2.09. The first kappa shape index (κ1) is 17.3. The largest absolute Gasteiger partial charge is 0.497 e. The fourth-order valence-corrected chi connectivity index (χ4v) is 2.76. The lowest BCUT2D eigenvalue weighted by Gasteiger charge is -2.34. The molecule has 6 nitrogen and oxygen atoms in total. The molecule has 1 atom stereocenters. The van der Waals surface area contributed by atoms with Crippen LogP contribution in [0.4, 0.5) is 0 Å². The summed E-state index contributed by atoms with van der Waals surface area (Å²) in [6.45, 7) is 3.13. The second-order valence-corrected chi connectivity index (χ2v) is 5.85. The lowest BCUT2D eigenvalue weighted by atomic mass is 9.97. The van der Waals surface area contributed by atoms with E-state index in [0.717, 1.165) is 11.3 Å². The van der Waals surface area contributed by atoms with E-state index in [4.69, 9.17) is 9.47 Å². The van der Waals surface area contributed by atoms with Crippen LogP contribution < -0.4 is 10.1 Å². The Morgan fingerprint density at radius 3 is 2.61 bits per heavy atom. The Morgan fingerprint density at radius 1 is 1.30 bits per heavy atom. The van der Waals surface area contributed by atoms with Gasteiger partial charge in [-0.05, 0) is 31.0 Å². The summed E-state index contributed by atoms with van der Waals surface area (Å²) in [6.07, 6.45) is 0.922. The van der Waals surface area contributed by atoms with Crippen LogP contribution in [0.25, 0.3) is 0 Å². The zero-order valence-electron chi connectivity index (χ0n) is 13.9. The molecular formula is C17H24N2O4. The minimum Gasteiger partial charge on any atom is -0.497 e. The molecule has 1 aliphatic heterocycles. The number of hydrogen-bond acceptors (Lipinski definition) is 4. The van der Waals surface area contributed by atoms with Crippen molar-refractivity contribution in [1.29, 1.82) is 0 Å². The van der Waals surface area contributed by atoms with E-state index in [2.05, 4.69) is 5.32 Å². The fourth-order valence-electron chi connectivity index (χ4n) is 2.76. The zero-order chi connectivity index (χ0) is 16.9. The van der Waals surface area contributed by atoms with Crippen LogP contribution in [0.5, 0.6) is 5.75 Å². The highest BCUT2D eigenvalue weighted by Crippen LogP contribution is 2.32. The first-order chi connectivity index (χ1) is 11.0. The average molecular weight is 320 g/mol. The number of carbonyl (C=O) groups excluding carboxylic acids is 2. The molecule has 0 radical (unpaired) electrons. The van der Waals surface area contributed by atoms with Gasteiger partial charge in [0.1, 0.15) is 11.3 Å². The van der Waals surface area contributed by atoms with Crippen molar-refractivity contribution < 1.29 is 19.1 Å². The van der Waals surface area contributed by atoms with Crippen molar-refractivity contribution in [2.24, 2.45) is 0 Å². The Kier molecular flexibility index (Phi) is 5.60. The summed E-state index contributed by atoms with van der Waals surface area (Å²) in [4.78, 5) is 26.4. The van der Waals surface area contributed by atoms with Gasteiger partial charge in [0, 0.05) is 26.6 Å². The molecule has 1 unspecified atom stereocenters. The first-order valence-electron chi connectivity index (χ1n) is 7.72. The van der Waals surface area contributed by atoms with Gasteiger partial charge < -0.3 is 19.7 Å². The van der Waals surface area contributed by atoms with Crippen LogP contribution in [0.3, 0.4) is 0 Å². The first-order valence-corrected chi connectivity index (χ1v) is 7.72. The monoisotopic (exact) mass is 320 g/mol. The number of ether oxygens (including phenoxy) is 2. The molecule has 1 aromatic rings. The minimum atomic E-state index is -0.815. The summed E-state index contributed by atoms with van der Waals surface area (Å²) >= 11 is 0. The molecule has 0 aromatic heterocycles. The molecule has 0 aliphatic carbocycles. The van der Waals surface area contributed by atoms with Crippen molar-refractivity contribution in [3.05, 3.63) is 29.8 Å². The van der Waals surface area contributed by atoms with Gasteiger partial charge in [-0.25, -0.2) is 0 Å². The Hall–Kier alpha value is -2.08. The molecule has 1 N–H and O–H groups in total. The number of hydrogen-bond donors (Lipinski definition) is 1. The summed E-state index contributed by atoms with van der Waals surface area (Å²) in [6, 6.07) is 7.53. The van der Waals surface area contributed by atoms with Crippen molar-refractivity contribution in [1.82, 2.24) is 10.2 Å². The summed E-state index contributed by atoms with van der Waals surface area (Å²) in [5, 5.41) is 2.84. The maximum absolute atomic E-state index is 12.5. The second-order valence-electron chi connectivity index (χ2n) is 5.85. The van der Waals surface area contributed by atoms with Crippen molar-refractivity contribution in [3.8, 4) is 5.75 Å². The molecule has 6 heteroatoms. The van der Waals surface area contributed by atoms with Gasteiger partial charge in [0.25, 0.3) is 0 Å². The van der Waals surface area contributed by atoms with Crippen LogP contribution in [0, 0.1) is 0 Å². The third kappa shape index (κ3) is 3.82. The zero-order valence-corrected chi connectivity index (χ0v) is 13.9. The molecule has 23 heavy (non-hydrogen) atoms. The quantitative estimate of drug-likeness (QED) is 0.770. The maximum atomic E-state index is 12.5. The van der Waals surface area contributed by atoms with Crippen LogP contribution in [0.2, 0.25) is 0 Å². The Bertz CT molecular complexity index is 558. The van der Waals surface area contributed by atoms with E-state index >= 15 is 0 Å². The molecule has 0 saturated carbocycles. The van der Waals surface area contributed by atoms with Gasteiger partial charge in [0.2, 0.25) is 11.8 Å². The second kappa shape index (κ2) is 7.46. The summed E-state index contributed by atoms with van der Waals surface area (Å²) in [5.74, 6) is 0.640. The Labute approximate surface area is 136 Å². The molecule has 1 fully saturated rings. The average Bonchev–Trinajstić information content (AvgIpc) is 2.85. The van der Waals surface area contributed by atoms with E-state index in [1.165, 1.54) is 0 Å². The summed E-state index contributed by atoms with van der Waals surface area (Å²) in [5.41, 5.74) is 0.155. The van der Waals surface area contributed by atoms with Gasteiger partial charge in [0.15, 0.2) is 0 Å². The highest BCUT2D eigenvalue weighted by molar-refractivity contribution is 5.94. The molecule has 2 rings (SSSR count). The number of amides is 2. The van der Waals surface area contributed by atoms with Crippen LogP contribution >= 0.6 is 0 Å². The van der Waals surface area contributed by atoms with Crippen molar-refractivity contribution >= 4 is 11.8 Å². The molecule has 1 aliphatic rings. The topological polar surface area (TPSA) is 67.9 Å². The van der Waals surface area contributed by atoms with Gasteiger partial charge in [-0.2, -0.15) is 0 Å². The third-order valence-corrected chi connectivity index (χ3v) is 4.30. The smallest absolute Gasteiger partial charge is 0.245 e. The molecule has 1 saturated heterocycles. The van der Waals surface area contributed by atoms with Gasteiger partial charge in [-0.3, -0.25) is 9.59 Å². The number of nitrogens with one attached hydrogen (secondary N) is 1. The number of rotatable bonds is 7. The molecule has 1 heterocycles. The minimum absolute atomic E-state index is 0.00482. The molecular weight excluding hydrogens is 296 g/mol. The maximum Gasteiger partial charge on any atom is 0.245 e. The molecule has 2 amide bonds. The van der Waals surface area contributed by atoms with Crippen LogP contribution in [-0.4, -0.2) is 49.6 Å². The standard InChI is InChI=1S/C17H24N2O4/c1-17(16(21)18-10-11-22-2)9-8-15(20)19(17)12-13-4-6-14(23-3)7-5-13/h4-7H,8-12H2,1-3H3,(H,18,21). The van der Waals surface area contributed by atoms with E-state index in [-0.39, 0.29) is 11.8 Å². The number of nitrogens with zero attached hydrogens (tertiary/aromatic N) is 1. The van der Waals surface area contributed by atoms with Crippen LogP contribution in [0.1, 0.15) is 25.3 Å². The molecule has 0 spiro atoms. The lowest BCUT2D eigenvalue weighted by Crippen LogP contribution is -2.54. The van der Waals surface area contributed by atoms with E-state index < -0.39 is 5.54 Å². The third-order valence-electron chi connectivity index (χ3n) is 4.30. The predicted molar refractivity (Wildman–Crippen MR) is 86.1 cm³/mol. The van der Waals surface area contributed by atoms with Crippen molar-refractivity contribution in [2.45, 2.75) is 31.8 Å². The van der Waals surface area contributed by atoms with Crippen LogP contribution in [-0.2, 0) is 20.9 Å². The summed E-state index contributed by atoms with van der Waals surface area (Å²) in [7, 11) is 3.20. The van der Waals surface area contributed by atoms with Gasteiger partial charge in [-0.1, -0.05) is 12.1 Å². The van der Waals surface area contributed by atoms with Gasteiger partial charge in [-0.15, -0.1) is 0 Å². The van der Waals surface area contributed by atoms with Crippen molar-refractivity contribution in [3.63, 3.8) is 0 Å². The molecule has 126 valence electrons. The highest BCUT2D eigenvalue weighted by Gasteiger charge is 2.46. The van der Waals surface area contributed by atoms with Gasteiger partial charge in [0.05, 0.1) is 13.7 Å². The summed E-state index contributed by atoms with van der Waals surface area (Å²) < 4.78 is 10.1. The van der Waals surface area contributed by atoms with Crippen molar-refractivity contribution in [2.75, 3.05) is 27.4 Å². The van der Waals surface area contributed by atoms with E-state index in [1.807, 2.05) is 31.2 Å². The predicted octanol–water partition coefficient (Wildman–Crippen LogP) is 1.34. The number of carbonyl (C=O) groups is 2. The van der Waals surface area contributed by atoms with E-state index in [0.29, 0.717) is 32.5 Å². The SMILES string of the molecule is COCCNC(=O)C1(C)CCC(=O)N1Cc1ccc(OC)cc1. The highest BCUT2D eigenvalue weighted by atomic mass is 16.5. The number of methoxy groups -OCH3 is 2. The Morgan fingerprint density at radius 2 is 2.00 bits per heavy atom. The van der Waals surface area contributed by atoms with Crippen LogP contribution in [0.15, 0.2) is 24.3 Å².